The minimum Gasteiger partial charge on any atom is -0.465 e. The number of amides is 2. The number of fused-ring (bicyclic) bond motifs is 2. The number of ether oxygens (including phenoxy) is 1. The summed E-state index contributed by atoms with van der Waals surface area (Å²) in [5.74, 6) is -0.437. The van der Waals surface area contributed by atoms with Crippen LogP contribution in [-0.2, 0) is 9.53 Å². The first-order valence-corrected chi connectivity index (χ1v) is 14.5. The molecule has 3 N–H and O–H groups in total. The molecule has 3 fully saturated rings. The first-order chi connectivity index (χ1) is 17.6. The first-order valence-electron chi connectivity index (χ1n) is 14.5. The Morgan fingerprint density at radius 1 is 0.833 bits per heavy atom. The zero-order chi connectivity index (χ0) is 25.2. The van der Waals surface area contributed by atoms with E-state index in [9.17, 15) is 9.59 Å². The average molecular weight is 499 g/mol. The van der Waals surface area contributed by atoms with E-state index in [0.29, 0.717) is 24.7 Å². The molecule has 1 aliphatic carbocycles. The Morgan fingerprint density at radius 3 is 2.06 bits per heavy atom. The molecule has 2 saturated heterocycles. The standard InChI is InChI=1S/C29H46N4O3/c1-2-36-28(34)21-30-29(35)32-27-18-11-10-17-26(27)31-22-19-24-15-12-16-25(20-22)33(24)23-13-8-6-4-3-5-7-9-14-23/h10-11,17-18,22-25,31H,2-9,12-16,19-21H2,1H3,(H2,30,32,35). The van der Waals surface area contributed by atoms with Gasteiger partial charge in [-0.1, -0.05) is 63.5 Å². The molecule has 7 heteroatoms. The lowest BCUT2D eigenvalue weighted by Crippen LogP contribution is -2.58. The van der Waals surface area contributed by atoms with Gasteiger partial charge in [-0.25, -0.2) is 4.79 Å². The molecule has 0 aromatic heterocycles. The highest BCUT2D eigenvalue weighted by atomic mass is 16.5. The Balaban J connectivity index is 1.36. The fraction of sp³-hybridized carbons (Fsp3) is 0.724. The quantitative estimate of drug-likeness (QED) is 0.398. The van der Waals surface area contributed by atoms with Crippen molar-refractivity contribution in [2.75, 3.05) is 23.8 Å². The van der Waals surface area contributed by atoms with Gasteiger partial charge in [0.05, 0.1) is 18.0 Å². The number of carbonyl (C=O) groups is 2. The van der Waals surface area contributed by atoms with Crippen LogP contribution in [0.4, 0.5) is 16.2 Å². The van der Waals surface area contributed by atoms with Crippen molar-refractivity contribution >= 4 is 23.4 Å². The second-order valence-corrected chi connectivity index (χ2v) is 10.9. The Labute approximate surface area is 217 Å². The summed E-state index contributed by atoms with van der Waals surface area (Å²) in [5, 5.41) is 9.25. The van der Waals surface area contributed by atoms with Crippen molar-refractivity contribution in [2.45, 2.75) is 121 Å². The molecular formula is C29H46N4O3. The van der Waals surface area contributed by atoms with Crippen molar-refractivity contribution < 1.29 is 14.3 Å². The van der Waals surface area contributed by atoms with Gasteiger partial charge in [-0.05, 0) is 57.6 Å². The van der Waals surface area contributed by atoms with E-state index in [-0.39, 0.29) is 6.54 Å². The summed E-state index contributed by atoms with van der Waals surface area (Å²) in [5.41, 5.74) is 1.68. The fourth-order valence-electron chi connectivity index (χ4n) is 6.69. The zero-order valence-corrected chi connectivity index (χ0v) is 22.1. The molecule has 2 amide bonds. The smallest absolute Gasteiger partial charge is 0.325 e. The van der Waals surface area contributed by atoms with E-state index >= 15 is 0 Å². The molecule has 7 nitrogen and oxygen atoms in total. The second kappa shape index (κ2) is 13.9. The maximum absolute atomic E-state index is 12.4. The summed E-state index contributed by atoms with van der Waals surface area (Å²) < 4.78 is 4.88. The molecule has 1 aromatic rings. The van der Waals surface area contributed by atoms with Gasteiger partial charge in [0.1, 0.15) is 6.54 Å². The number of rotatable bonds is 7. The molecule has 4 rings (SSSR count). The number of esters is 1. The molecule has 2 heterocycles. The predicted molar refractivity (Wildman–Crippen MR) is 145 cm³/mol. The number of hydrogen-bond acceptors (Lipinski definition) is 5. The van der Waals surface area contributed by atoms with Crippen molar-refractivity contribution in [3.05, 3.63) is 24.3 Å². The number of benzene rings is 1. The molecule has 2 unspecified atom stereocenters. The summed E-state index contributed by atoms with van der Waals surface area (Å²) >= 11 is 0. The predicted octanol–water partition coefficient (Wildman–Crippen LogP) is 6.06. The van der Waals surface area contributed by atoms with Gasteiger partial charge in [-0.3, -0.25) is 9.69 Å². The Morgan fingerprint density at radius 2 is 1.42 bits per heavy atom. The first kappa shape index (κ1) is 26.8. The van der Waals surface area contributed by atoms with Crippen molar-refractivity contribution in [3.63, 3.8) is 0 Å². The van der Waals surface area contributed by atoms with E-state index < -0.39 is 12.0 Å². The van der Waals surface area contributed by atoms with Gasteiger partial charge in [0.25, 0.3) is 0 Å². The van der Waals surface area contributed by atoms with Gasteiger partial charge >= 0.3 is 12.0 Å². The van der Waals surface area contributed by atoms with Crippen LogP contribution < -0.4 is 16.0 Å². The average Bonchev–Trinajstić information content (AvgIpc) is 2.87. The molecule has 36 heavy (non-hydrogen) atoms. The highest BCUT2D eigenvalue weighted by molar-refractivity contribution is 5.94. The number of para-hydroxylation sites is 2. The van der Waals surface area contributed by atoms with Crippen LogP contribution in [0.3, 0.4) is 0 Å². The molecule has 0 spiro atoms. The zero-order valence-electron chi connectivity index (χ0n) is 22.1. The van der Waals surface area contributed by atoms with Crippen LogP contribution >= 0.6 is 0 Å². The Kier molecular flexibility index (Phi) is 10.3. The van der Waals surface area contributed by atoms with E-state index in [0.717, 1.165) is 30.3 Å². The summed E-state index contributed by atoms with van der Waals surface area (Å²) in [6.45, 7) is 1.91. The highest BCUT2D eigenvalue weighted by Gasteiger charge is 2.41. The minimum atomic E-state index is -0.437. The third-order valence-electron chi connectivity index (χ3n) is 8.26. The molecule has 3 aliphatic rings. The van der Waals surface area contributed by atoms with Gasteiger partial charge in [0, 0.05) is 24.2 Å². The number of piperidine rings is 2. The third kappa shape index (κ3) is 7.61. The Hall–Kier alpha value is -2.28. The van der Waals surface area contributed by atoms with Gasteiger partial charge in [0.2, 0.25) is 0 Å². The van der Waals surface area contributed by atoms with Gasteiger partial charge < -0.3 is 20.7 Å². The van der Waals surface area contributed by atoms with E-state index in [1.807, 2.05) is 24.3 Å². The van der Waals surface area contributed by atoms with Crippen LogP contribution in [0.2, 0.25) is 0 Å². The number of carbonyl (C=O) groups excluding carboxylic acids is 2. The molecule has 2 bridgehead atoms. The largest absolute Gasteiger partial charge is 0.465 e. The Bertz CT molecular complexity index is 824. The van der Waals surface area contributed by atoms with Crippen LogP contribution in [0, 0.1) is 0 Å². The van der Waals surface area contributed by atoms with Crippen molar-refractivity contribution in [2.24, 2.45) is 0 Å². The molecule has 1 aromatic carbocycles. The maximum atomic E-state index is 12.4. The van der Waals surface area contributed by atoms with Crippen LogP contribution in [0.25, 0.3) is 0 Å². The molecule has 0 radical (unpaired) electrons. The monoisotopic (exact) mass is 498 g/mol. The lowest BCUT2D eigenvalue weighted by atomic mass is 9.79. The van der Waals surface area contributed by atoms with Gasteiger partial charge in [0.15, 0.2) is 0 Å². The number of urea groups is 1. The van der Waals surface area contributed by atoms with E-state index in [4.69, 9.17) is 4.74 Å². The molecule has 1 saturated carbocycles. The van der Waals surface area contributed by atoms with E-state index in [2.05, 4.69) is 20.9 Å². The summed E-state index contributed by atoms with van der Waals surface area (Å²) in [7, 11) is 0. The number of nitrogens with zero attached hydrogens (tertiary/aromatic N) is 1. The van der Waals surface area contributed by atoms with Crippen LogP contribution in [0.15, 0.2) is 24.3 Å². The summed E-state index contributed by atoms with van der Waals surface area (Å²) in [6.07, 6.45) is 18.9. The van der Waals surface area contributed by atoms with E-state index in [1.165, 1.54) is 77.0 Å². The van der Waals surface area contributed by atoms with Crippen molar-refractivity contribution in [1.29, 1.82) is 0 Å². The fourth-order valence-corrected chi connectivity index (χ4v) is 6.69. The maximum Gasteiger partial charge on any atom is 0.325 e. The van der Waals surface area contributed by atoms with Crippen LogP contribution in [0.1, 0.15) is 96.8 Å². The lowest BCUT2D eigenvalue weighted by Gasteiger charge is -2.53. The number of hydrogen-bond donors (Lipinski definition) is 3. The number of anilines is 2. The third-order valence-corrected chi connectivity index (χ3v) is 8.26. The normalized spacial score (nSPS) is 26.0. The topological polar surface area (TPSA) is 82.7 Å². The molecule has 200 valence electrons. The second-order valence-electron chi connectivity index (χ2n) is 10.9. The summed E-state index contributed by atoms with van der Waals surface area (Å²) in [4.78, 5) is 26.9. The van der Waals surface area contributed by atoms with Gasteiger partial charge in [-0.2, -0.15) is 0 Å². The molecule has 2 aliphatic heterocycles. The molecule has 2 atom stereocenters. The lowest BCUT2D eigenvalue weighted by molar-refractivity contribution is -0.141. The van der Waals surface area contributed by atoms with Crippen molar-refractivity contribution in [1.82, 2.24) is 10.2 Å². The van der Waals surface area contributed by atoms with Gasteiger partial charge in [-0.15, -0.1) is 0 Å². The number of nitrogens with one attached hydrogen (secondary N) is 3. The minimum absolute atomic E-state index is 0.141. The van der Waals surface area contributed by atoms with Crippen LogP contribution in [0.5, 0.6) is 0 Å². The van der Waals surface area contributed by atoms with Crippen LogP contribution in [-0.4, -0.2) is 54.2 Å². The van der Waals surface area contributed by atoms with Crippen molar-refractivity contribution in [3.8, 4) is 0 Å². The molecular weight excluding hydrogens is 452 g/mol. The highest BCUT2D eigenvalue weighted by Crippen LogP contribution is 2.39. The van der Waals surface area contributed by atoms with E-state index in [1.54, 1.807) is 6.92 Å². The summed E-state index contributed by atoms with van der Waals surface area (Å²) in [6, 6.07) is 9.94. The SMILES string of the molecule is CCOC(=O)CNC(=O)Nc1ccccc1NC1CC2CCCC(C1)N2C1CCCCCCCCC1.